The largest absolute Gasteiger partial charge is 0.492 e. The average molecular weight is 336 g/mol. The van der Waals surface area contributed by atoms with E-state index in [4.69, 9.17) is 4.74 Å². The second-order valence-electron chi connectivity index (χ2n) is 5.34. The van der Waals surface area contributed by atoms with Crippen LogP contribution in [0.1, 0.15) is 19.3 Å². The van der Waals surface area contributed by atoms with Gasteiger partial charge in [-0.1, -0.05) is 0 Å². The van der Waals surface area contributed by atoms with Crippen molar-refractivity contribution in [2.75, 3.05) is 19.7 Å². The Morgan fingerprint density at radius 3 is 2.79 bits per heavy atom. The van der Waals surface area contributed by atoms with Crippen LogP contribution < -0.4 is 20.7 Å². The summed E-state index contributed by atoms with van der Waals surface area (Å²) in [5.74, 6) is 0.315. The van der Waals surface area contributed by atoms with E-state index in [1.54, 1.807) is 0 Å². The predicted molar refractivity (Wildman–Crippen MR) is 85.8 cm³/mol. The fourth-order valence-electron chi connectivity index (χ4n) is 2.28. The molecule has 1 saturated heterocycles. The van der Waals surface area contributed by atoms with E-state index in [2.05, 4.69) is 16.0 Å². The van der Waals surface area contributed by atoms with Crippen molar-refractivity contribution < 1.29 is 19.2 Å². The first kappa shape index (κ1) is 17.5. The molecule has 2 rings (SSSR count). The Morgan fingerprint density at radius 2 is 2.08 bits per heavy atom. The van der Waals surface area contributed by atoms with Gasteiger partial charge >= 0.3 is 6.03 Å². The minimum absolute atomic E-state index is 0.0125. The van der Waals surface area contributed by atoms with Crippen molar-refractivity contribution in [3.8, 4) is 5.75 Å². The van der Waals surface area contributed by atoms with Gasteiger partial charge < -0.3 is 20.7 Å². The van der Waals surface area contributed by atoms with Crippen molar-refractivity contribution in [1.82, 2.24) is 16.0 Å². The summed E-state index contributed by atoms with van der Waals surface area (Å²) in [7, 11) is 0. The Morgan fingerprint density at radius 1 is 1.33 bits per heavy atom. The average Bonchev–Trinajstić information content (AvgIpc) is 2.77. The van der Waals surface area contributed by atoms with E-state index in [0.29, 0.717) is 18.7 Å². The summed E-state index contributed by atoms with van der Waals surface area (Å²) >= 11 is 0. The van der Waals surface area contributed by atoms with Gasteiger partial charge in [0.25, 0.3) is 5.69 Å². The van der Waals surface area contributed by atoms with Gasteiger partial charge in [0, 0.05) is 18.7 Å². The fraction of sp³-hybridized carbons (Fsp3) is 0.467. The summed E-state index contributed by atoms with van der Waals surface area (Å²) in [6.45, 7) is 1.10. The van der Waals surface area contributed by atoms with Crippen LogP contribution in [0.15, 0.2) is 24.3 Å². The monoisotopic (exact) mass is 336 g/mol. The third-order valence-electron chi connectivity index (χ3n) is 3.54. The second kappa shape index (κ2) is 8.70. The number of carbonyl (C=O) groups is 2. The first-order valence-electron chi connectivity index (χ1n) is 7.75. The number of benzene rings is 1. The molecular weight excluding hydrogens is 316 g/mol. The molecule has 3 N–H and O–H groups in total. The van der Waals surface area contributed by atoms with Crippen molar-refractivity contribution in [3.05, 3.63) is 34.4 Å². The maximum atomic E-state index is 11.8. The first-order valence-corrected chi connectivity index (χ1v) is 7.75. The summed E-state index contributed by atoms with van der Waals surface area (Å²) in [5, 5.41) is 18.5. The van der Waals surface area contributed by atoms with Gasteiger partial charge in [-0.25, -0.2) is 4.79 Å². The van der Waals surface area contributed by atoms with Gasteiger partial charge in [0.05, 0.1) is 11.5 Å². The van der Waals surface area contributed by atoms with E-state index in [-0.39, 0.29) is 24.7 Å². The lowest BCUT2D eigenvalue weighted by Gasteiger charge is -2.15. The molecule has 1 heterocycles. The number of hydrogen-bond acceptors (Lipinski definition) is 5. The van der Waals surface area contributed by atoms with Crippen molar-refractivity contribution >= 4 is 17.6 Å². The highest BCUT2D eigenvalue weighted by Crippen LogP contribution is 2.16. The van der Waals surface area contributed by atoms with Gasteiger partial charge in [-0.3, -0.25) is 14.9 Å². The first-order chi connectivity index (χ1) is 11.6. The molecule has 0 aromatic heterocycles. The molecule has 0 bridgehead atoms. The van der Waals surface area contributed by atoms with E-state index in [9.17, 15) is 19.7 Å². The van der Waals surface area contributed by atoms with Gasteiger partial charge in [-0.15, -0.1) is 0 Å². The fourth-order valence-corrected chi connectivity index (χ4v) is 2.28. The smallest absolute Gasteiger partial charge is 0.315 e. The molecule has 24 heavy (non-hydrogen) atoms. The van der Waals surface area contributed by atoms with Gasteiger partial charge in [0.1, 0.15) is 18.4 Å². The summed E-state index contributed by atoms with van der Waals surface area (Å²) in [4.78, 5) is 33.5. The Hall–Kier alpha value is -2.84. The van der Waals surface area contributed by atoms with Crippen LogP contribution in [0.25, 0.3) is 0 Å². The van der Waals surface area contributed by atoms with E-state index < -0.39 is 17.0 Å². The van der Waals surface area contributed by atoms with E-state index in [0.717, 1.165) is 12.8 Å². The minimum atomic E-state index is -0.511. The van der Waals surface area contributed by atoms with E-state index in [1.165, 1.54) is 24.3 Å². The molecule has 0 unspecified atom stereocenters. The molecule has 1 fully saturated rings. The van der Waals surface area contributed by atoms with Crippen LogP contribution in [0.2, 0.25) is 0 Å². The lowest BCUT2D eigenvalue weighted by atomic mass is 10.1. The highest BCUT2D eigenvalue weighted by atomic mass is 16.6. The maximum Gasteiger partial charge on any atom is 0.315 e. The normalized spacial score (nSPS) is 17.3. The van der Waals surface area contributed by atoms with Gasteiger partial charge in [-0.2, -0.15) is 0 Å². The molecule has 3 amide bonds. The number of nitrogens with one attached hydrogen (secondary N) is 3. The molecule has 1 aromatic carbocycles. The summed E-state index contributed by atoms with van der Waals surface area (Å²) < 4.78 is 5.38. The van der Waals surface area contributed by atoms with Gasteiger partial charge in [0.2, 0.25) is 5.91 Å². The molecular formula is C15H20N4O5. The lowest BCUT2D eigenvalue weighted by molar-refractivity contribution is -0.384. The predicted octanol–water partition coefficient (Wildman–Crippen LogP) is 0.941. The van der Waals surface area contributed by atoms with Crippen LogP contribution in [0.4, 0.5) is 10.5 Å². The topological polar surface area (TPSA) is 123 Å². The van der Waals surface area contributed by atoms with E-state index >= 15 is 0 Å². The third-order valence-corrected chi connectivity index (χ3v) is 3.54. The summed E-state index contributed by atoms with van der Waals surface area (Å²) in [5.41, 5.74) is -0.0125. The molecule has 1 aliphatic rings. The molecule has 1 atom stereocenters. The van der Waals surface area contributed by atoms with Gasteiger partial charge in [0.15, 0.2) is 0 Å². The van der Waals surface area contributed by atoms with E-state index in [1.807, 2.05) is 0 Å². The summed E-state index contributed by atoms with van der Waals surface area (Å²) in [6, 6.07) is 4.75. The highest BCUT2D eigenvalue weighted by molar-refractivity contribution is 5.87. The molecule has 1 aliphatic heterocycles. The van der Waals surface area contributed by atoms with Crippen LogP contribution in [0.5, 0.6) is 5.75 Å². The standard InChI is InChI=1S/C15H20N4O5/c20-14-13(3-1-2-8-16-14)18-15(21)17-9-10-24-12-6-4-11(5-7-12)19(22)23/h4-7,13H,1-3,8-10H2,(H,16,20)(H2,17,18,21)/t13-/m0/s1. The number of nitrogens with zero attached hydrogens (tertiary/aromatic N) is 1. The number of ether oxygens (including phenoxy) is 1. The number of nitro groups is 1. The molecule has 0 aliphatic carbocycles. The van der Waals surface area contributed by atoms with Crippen LogP contribution in [-0.2, 0) is 4.79 Å². The summed E-state index contributed by atoms with van der Waals surface area (Å²) in [6.07, 6.45) is 2.42. The maximum absolute atomic E-state index is 11.8. The lowest BCUT2D eigenvalue weighted by Crippen LogP contribution is -2.49. The molecule has 9 heteroatoms. The number of urea groups is 1. The number of nitro benzene ring substituents is 1. The van der Waals surface area contributed by atoms with Crippen LogP contribution in [0.3, 0.4) is 0 Å². The number of rotatable bonds is 6. The Bertz CT molecular complexity index is 590. The number of carbonyl (C=O) groups excluding carboxylic acids is 2. The van der Waals surface area contributed by atoms with Crippen molar-refractivity contribution in [2.24, 2.45) is 0 Å². The van der Waals surface area contributed by atoms with Crippen LogP contribution in [0, 0.1) is 10.1 Å². The van der Waals surface area contributed by atoms with Crippen molar-refractivity contribution in [3.63, 3.8) is 0 Å². The third kappa shape index (κ3) is 5.41. The molecule has 1 aromatic rings. The molecule has 130 valence electrons. The molecule has 0 saturated carbocycles. The molecule has 0 radical (unpaired) electrons. The Balaban J connectivity index is 1.67. The minimum Gasteiger partial charge on any atom is -0.492 e. The zero-order valence-electron chi connectivity index (χ0n) is 13.1. The van der Waals surface area contributed by atoms with Crippen molar-refractivity contribution in [2.45, 2.75) is 25.3 Å². The Labute approximate surface area is 138 Å². The SMILES string of the molecule is O=C(NCCOc1ccc([N+](=O)[O-])cc1)N[C@H]1CCCCNC1=O. The molecule has 0 spiro atoms. The van der Waals surface area contributed by atoms with Crippen LogP contribution >= 0.6 is 0 Å². The number of hydrogen-bond donors (Lipinski definition) is 3. The Kier molecular flexibility index (Phi) is 6.35. The van der Waals surface area contributed by atoms with Crippen LogP contribution in [-0.4, -0.2) is 42.6 Å². The zero-order valence-corrected chi connectivity index (χ0v) is 13.1. The number of non-ortho nitro benzene ring substituents is 1. The molecule has 9 nitrogen and oxygen atoms in total. The zero-order chi connectivity index (χ0) is 17.4. The quantitative estimate of drug-likeness (QED) is 0.405. The second-order valence-corrected chi connectivity index (χ2v) is 5.34. The number of amides is 3. The highest BCUT2D eigenvalue weighted by Gasteiger charge is 2.21. The van der Waals surface area contributed by atoms with Gasteiger partial charge in [-0.05, 0) is 31.4 Å². The van der Waals surface area contributed by atoms with Crippen molar-refractivity contribution in [1.29, 1.82) is 0 Å².